The highest BCUT2D eigenvalue weighted by atomic mass is 79.9. The molecule has 0 fully saturated rings. The number of carbonyl (C=O) groups excluding carboxylic acids is 1. The Balaban J connectivity index is 2.14. The van der Waals surface area contributed by atoms with Gasteiger partial charge in [-0.15, -0.1) is 0 Å². The average molecular weight is 337 g/mol. The summed E-state index contributed by atoms with van der Waals surface area (Å²) in [6.45, 7) is 3.82. The van der Waals surface area contributed by atoms with Crippen molar-refractivity contribution in [1.29, 1.82) is 0 Å². The number of halogens is 1. The number of nitrogens with two attached hydrogens (primary N) is 1. The molecule has 0 saturated heterocycles. The number of rotatable bonds is 4. The van der Waals surface area contributed by atoms with Gasteiger partial charge in [0.15, 0.2) is 0 Å². The lowest BCUT2D eigenvalue weighted by molar-refractivity contribution is -0.118. The molecule has 106 valence electrons. The predicted molar refractivity (Wildman–Crippen MR) is 82.7 cm³/mol. The van der Waals surface area contributed by atoms with Crippen molar-refractivity contribution in [2.45, 2.75) is 19.9 Å². The molecule has 1 heterocycles. The molecule has 5 nitrogen and oxygen atoms in total. The largest absolute Gasteiger partial charge is 0.322 e. The standard InChI is InChI=1S/C14H17BrN4O/c1-9(2)13(16)14(20)18-10-7-17-19(8-10)12-6-4-3-5-11(12)15/h3-9,13H,16H2,1-2H3,(H,18,20)/t13-/m0/s1. The zero-order valence-corrected chi connectivity index (χ0v) is 13.0. The molecule has 0 radical (unpaired) electrons. The quantitative estimate of drug-likeness (QED) is 0.901. The van der Waals surface area contributed by atoms with Gasteiger partial charge in [-0.2, -0.15) is 5.10 Å². The second-order valence-electron chi connectivity index (χ2n) is 4.88. The fraction of sp³-hybridized carbons (Fsp3) is 0.286. The van der Waals surface area contributed by atoms with Gasteiger partial charge in [0.25, 0.3) is 0 Å². The van der Waals surface area contributed by atoms with Crippen molar-refractivity contribution in [2.24, 2.45) is 11.7 Å². The third kappa shape index (κ3) is 3.26. The minimum absolute atomic E-state index is 0.0910. The number of hydrogen-bond donors (Lipinski definition) is 2. The predicted octanol–water partition coefficient (Wildman–Crippen LogP) is 2.56. The Hall–Kier alpha value is -1.66. The Morgan fingerprint density at radius 1 is 1.40 bits per heavy atom. The zero-order valence-electron chi connectivity index (χ0n) is 11.4. The second kappa shape index (κ2) is 6.19. The van der Waals surface area contributed by atoms with Crippen molar-refractivity contribution < 1.29 is 4.79 Å². The van der Waals surface area contributed by atoms with Crippen LogP contribution in [0.15, 0.2) is 41.1 Å². The maximum Gasteiger partial charge on any atom is 0.241 e. The Kier molecular flexibility index (Phi) is 4.57. The summed E-state index contributed by atoms with van der Waals surface area (Å²) in [5.74, 6) is -0.111. The molecule has 0 aliphatic heterocycles. The van der Waals surface area contributed by atoms with Crippen LogP contribution in [0, 0.1) is 5.92 Å². The Labute approximate surface area is 126 Å². The van der Waals surface area contributed by atoms with Gasteiger partial charge in [-0.3, -0.25) is 4.79 Å². The number of aromatic nitrogens is 2. The maximum absolute atomic E-state index is 11.9. The van der Waals surface area contributed by atoms with Crippen LogP contribution in [-0.2, 0) is 4.79 Å². The maximum atomic E-state index is 11.9. The number of carbonyl (C=O) groups is 1. The van der Waals surface area contributed by atoms with Crippen LogP contribution in [0.2, 0.25) is 0 Å². The monoisotopic (exact) mass is 336 g/mol. The number of nitrogens with zero attached hydrogens (tertiary/aromatic N) is 2. The van der Waals surface area contributed by atoms with Crippen molar-refractivity contribution in [2.75, 3.05) is 5.32 Å². The van der Waals surface area contributed by atoms with E-state index in [0.29, 0.717) is 5.69 Å². The summed E-state index contributed by atoms with van der Waals surface area (Å²) >= 11 is 3.47. The van der Waals surface area contributed by atoms with E-state index < -0.39 is 6.04 Å². The number of benzene rings is 1. The average Bonchev–Trinajstić information content (AvgIpc) is 2.86. The lowest BCUT2D eigenvalue weighted by Crippen LogP contribution is -2.39. The van der Waals surface area contributed by atoms with E-state index in [1.807, 2.05) is 38.1 Å². The lowest BCUT2D eigenvalue weighted by atomic mass is 10.1. The van der Waals surface area contributed by atoms with E-state index in [2.05, 4.69) is 26.3 Å². The van der Waals surface area contributed by atoms with E-state index in [0.717, 1.165) is 10.2 Å². The third-order valence-corrected chi connectivity index (χ3v) is 3.64. The fourth-order valence-electron chi connectivity index (χ4n) is 1.68. The molecule has 6 heteroatoms. The number of amides is 1. The molecule has 1 amide bonds. The van der Waals surface area contributed by atoms with Gasteiger partial charge >= 0.3 is 0 Å². The van der Waals surface area contributed by atoms with Crippen molar-refractivity contribution in [3.05, 3.63) is 41.1 Å². The van der Waals surface area contributed by atoms with Crippen LogP contribution in [0.1, 0.15) is 13.8 Å². The molecular formula is C14H17BrN4O. The molecule has 0 saturated carbocycles. The first kappa shape index (κ1) is 14.7. The summed E-state index contributed by atoms with van der Waals surface area (Å²) in [6.07, 6.45) is 3.36. The number of nitrogens with one attached hydrogen (secondary N) is 1. The first-order valence-corrected chi connectivity index (χ1v) is 7.14. The molecule has 1 aromatic carbocycles. The summed E-state index contributed by atoms with van der Waals surface area (Å²) in [5.41, 5.74) is 7.33. The number of para-hydroxylation sites is 1. The molecule has 20 heavy (non-hydrogen) atoms. The van der Waals surface area contributed by atoms with E-state index in [-0.39, 0.29) is 11.8 Å². The van der Waals surface area contributed by atoms with Gasteiger partial charge in [-0.1, -0.05) is 26.0 Å². The van der Waals surface area contributed by atoms with Crippen LogP contribution < -0.4 is 11.1 Å². The van der Waals surface area contributed by atoms with Gasteiger partial charge < -0.3 is 11.1 Å². The smallest absolute Gasteiger partial charge is 0.241 e. The summed E-state index contributed by atoms with van der Waals surface area (Å²) in [5, 5.41) is 7.01. The fourth-order valence-corrected chi connectivity index (χ4v) is 2.15. The highest BCUT2D eigenvalue weighted by molar-refractivity contribution is 9.10. The van der Waals surface area contributed by atoms with Gasteiger partial charge in [0, 0.05) is 4.47 Å². The second-order valence-corrected chi connectivity index (χ2v) is 5.74. The zero-order chi connectivity index (χ0) is 14.7. The van der Waals surface area contributed by atoms with Crippen LogP contribution in [0.25, 0.3) is 5.69 Å². The summed E-state index contributed by atoms with van der Waals surface area (Å²) in [4.78, 5) is 11.9. The van der Waals surface area contributed by atoms with Crippen LogP contribution in [0.3, 0.4) is 0 Å². The molecule has 0 unspecified atom stereocenters. The Bertz CT molecular complexity index is 609. The van der Waals surface area contributed by atoms with Gasteiger partial charge in [0.1, 0.15) is 0 Å². The van der Waals surface area contributed by atoms with Crippen molar-refractivity contribution in [1.82, 2.24) is 9.78 Å². The molecule has 1 aromatic heterocycles. The minimum Gasteiger partial charge on any atom is -0.322 e. The molecule has 0 bridgehead atoms. The van der Waals surface area contributed by atoms with Crippen molar-refractivity contribution in [3.63, 3.8) is 0 Å². The molecular weight excluding hydrogens is 320 g/mol. The Morgan fingerprint density at radius 2 is 2.10 bits per heavy atom. The highest BCUT2D eigenvalue weighted by Crippen LogP contribution is 2.21. The van der Waals surface area contributed by atoms with Crippen molar-refractivity contribution in [3.8, 4) is 5.69 Å². The molecule has 3 N–H and O–H groups in total. The summed E-state index contributed by atoms with van der Waals surface area (Å²) in [6, 6.07) is 7.20. The molecule has 2 aromatic rings. The first-order valence-electron chi connectivity index (χ1n) is 6.35. The van der Waals surface area contributed by atoms with Gasteiger partial charge in [0.05, 0.1) is 29.8 Å². The molecule has 2 rings (SSSR count). The molecule has 1 atom stereocenters. The number of hydrogen-bond acceptors (Lipinski definition) is 3. The van der Waals surface area contributed by atoms with Crippen LogP contribution in [-0.4, -0.2) is 21.7 Å². The summed E-state index contributed by atoms with van der Waals surface area (Å²) in [7, 11) is 0. The van der Waals surface area contributed by atoms with E-state index >= 15 is 0 Å². The van der Waals surface area contributed by atoms with E-state index in [9.17, 15) is 4.79 Å². The lowest BCUT2D eigenvalue weighted by Gasteiger charge is -2.14. The third-order valence-electron chi connectivity index (χ3n) is 2.97. The van der Waals surface area contributed by atoms with E-state index in [1.165, 1.54) is 0 Å². The highest BCUT2D eigenvalue weighted by Gasteiger charge is 2.17. The number of anilines is 1. The van der Waals surface area contributed by atoms with Crippen LogP contribution in [0.4, 0.5) is 5.69 Å². The van der Waals surface area contributed by atoms with Crippen LogP contribution in [0.5, 0.6) is 0 Å². The van der Waals surface area contributed by atoms with Gasteiger partial charge in [0.2, 0.25) is 5.91 Å². The first-order chi connectivity index (χ1) is 9.49. The van der Waals surface area contributed by atoms with E-state index in [4.69, 9.17) is 5.73 Å². The van der Waals surface area contributed by atoms with Crippen LogP contribution >= 0.6 is 15.9 Å². The molecule has 0 aliphatic rings. The van der Waals surface area contributed by atoms with Gasteiger partial charge in [-0.05, 0) is 34.0 Å². The van der Waals surface area contributed by atoms with Crippen molar-refractivity contribution >= 4 is 27.5 Å². The summed E-state index contributed by atoms with van der Waals surface area (Å²) < 4.78 is 2.63. The SMILES string of the molecule is CC(C)[C@H](N)C(=O)Nc1cnn(-c2ccccc2Br)c1. The molecule has 0 spiro atoms. The minimum atomic E-state index is -0.526. The van der Waals surface area contributed by atoms with Gasteiger partial charge in [-0.25, -0.2) is 4.68 Å². The van der Waals surface area contributed by atoms with E-state index in [1.54, 1.807) is 17.1 Å². The topological polar surface area (TPSA) is 72.9 Å². The Morgan fingerprint density at radius 3 is 2.75 bits per heavy atom. The normalized spacial score (nSPS) is 12.4. The molecule has 0 aliphatic carbocycles.